The molecular weight excluding hydrogens is 300 g/mol. The van der Waals surface area contributed by atoms with Crippen LogP contribution in [0.15, 0.2) is 54.7 Å². The van der Waals surface area contributed by atoms with Gasteiger partial charge in [0.15, 0.2) is 0 Å². The van der Waals surface area contributed by atoms with Crippen LogP contribution in [0, 0.1) is 0 Å². The molecule has 4 nitrogen and oxygen atoms in total. The van der Waals surface area contributed by atoms with Gasteiger partial charge in [0.05, 0.1) is 6.10 Å². The number of amides is 1. The first-order valence-electron chi connectivity index (χ1n) is 6.93. The van der Waals surface area contributed by atoms with Crippen molar-refractivity contribution in [1.29, 1.82) is 0 Å². The van der Waals surface area contributed by atoms with Crippen LogP contribution in [0.4, 0.5) is 0 Å². The number of nitrogens with one attached hydrogen (secondary N) is 2. The molecule has 22 heavy (non-hydrogen) atoms. The summed E-state index contributed by atoms with van der Waals surface area (Å²) in [5, 5.41) is 14.4. The molecule has 0 bridgehead atoms. The van der Waals surface area contributed by atoms with Gasteiger partial charge in [-0.05, 0) is 29.7 Å². The van der Waals surface area contributed by atoms with Crippen molar-refractivity contribution in [2.24, 2.45) is 0 Å². The molecule has 0 saturated heterocycles. The highest BCUT2D eigenvalue weighted by molar-refractivity contribution is 6.31. The van der Waals surface area contributed by atoms with Gasteiger partial charge in [-0.3, -0.25) is 4.79 Å². The first kappa shape index (κ1) is 14.6. The van der Waals surface area contributed by atoms with Gasteiger partial charge in [0.25, 0.3) is 5.91 Å². The van der Waals surface area contributed by atoms with Crippen LogP contribution < -0.4 is 5.32 Å². The molecule has 1 amide bonds. The third-order valence-corrected chi connectivity index (χ3v) is 3.88. The summed E-state index contributed by atoms with van der Waals surface area (Å²) in [7, 11) is 0. The average molecular weight is 315 g/mol. The number of hydrogen-bond acceptors (Lipinski definition) is 2. The lowest BCUT2D eigenvalue weighted by Gasteiger charge is -2.13. The summed E-state index contributed by atoms with van der Waals surface area (Å²) < 4.78 is 0. The van der Waals surface area contributed by atoms with Crippen molar-refractivity contribution >= 4 is 28.4 Å². The fourth-order valence-electron chi connectivity index (χ4n) is 2.34. The highest BCUT2D eigenvalue weighted by Crippen LogP contribution is 2.22. The van der Waals surface area contributed by atoms with Gasteiger partial charge in [-0.2, -0.15) is 0 Å². The molecule has 1 heterocycles. The Morgan fingerprint density at radius 2 is 2.05 bits per heavy atom. The molecule has 3 aromatic rings. The Morgan fingerprint density at radius 3 is 2.86 bits per heavy atom. The minimum absolute atomic E-state index is 0.103. The third-order valence-electron chi connectivity index (χ3n) is 3.54. The summed E-state index contributed by atoms with van der Waals surface area (Å²) in [6.07, 6.45) is 0.986. The summed E-state index contributed by atoms with van der Waals surface area (Å²) in [6, 6.07) is 14.4. The number of benzene rings is 2. The first-order valence-corrected chi connectivity index (χ1v) is 7.31. The molecular formula is C17H15ClN2O2. The largest absolute Gasteiger partial charge is 0.387 e. The quantitative estimate of drug-likeness (QED) is 0.692. The summed E-state index contributed by atoms with van der Waals surface area (Å²) in [4.78, 5) is 15.2. The molecule has 0 aliphatic carbocycles. The Kier molecular flexibility index (Phi) is 4.13. The van der Waals surface area contributed by atoms with E-state index < -0.39 is 6.10 Å². The van der Waals surface area contributed by atoms with Crippen LogP contribution in [-0.4, -0.2) is 22.5 Å². The lowest BCUT2D eigenvalue weighted by atomic mass is 10.1. The fourth-order valence-corrected chi connectivity index (χ4v) is 2.60. The summed E-state index contributed by atoms with van der Waals surface area (Å²) in [5.74, 6) is -0.234. The lowest BCUT2D eigenvalue weighted by molar-refractivity contribution is 0.0916. The molecule has 0 fully saturated rings. The molecule has 112 valence electrons. The van der Waals surface area contributed by atoms with Crippen molar-refractivity contribution in [3.63, 3.8) is 0 Å². The van der Waals surface area contributed by atoms with Crippen LogP contribution in [0.3, 0.4) is 0 Å². The fraction of sp³-hybridized carbons (Fsp3) is 0.118. The molecule has 5 heteroatoms. The van der Waals surface area contributed by atoms with Crippen molar-refractivity contribution in [3.05, 3.63) is 70.9 Å². The molecule has 1 unspecified atom stereocenters. The predicted octanol–water partition coefficient (Wildman–Crippen LogP) is 3.28. The van der Waals surface area contributed by atoms with Gasteiger partial charge >= 0.3 is 0 Å². The number of halogens is 1. The number of aromatic amines is 1. The molecule has 0 saturated carbocycles. The zero-order valence-corrected chi connectivity index (χ0v) is 12.5. The first-order chi connectivity index (χ1) is 10.6. The molecule has 0 aliphatic heterocycles. The maximum absolute atomic E-state index is 12.2. The van der Waals surface area contributed by atoms with E-state index >= 15 is 0 Å². The molecule has 3 rings (SSSR count). The van der Waals surface area contributed by atoms with E-state index in [0.29, 0.717) is 16.1 Å². The van der Waals surface area contributed by atoms with Gasteiger partial charge in [0.2, 0.25) is 0 Å². The normalized spacial score (nSPS) is 12.3. The minimum Gasteiger partial charge on any atom is -0.387 e. The van der Waals surface area contributed by atoms with E-state index in [4.69, 9.17) is 11.6 Å². The molecule has 2 aromatic carbocycles. The van der Waals surface area contributed by atoms with Crippen molar-refractivity contribution < 1.29 is 9.90 Å². The number of carbonyl (C=O) groups is 1. The van der Waals surface area contributed by atoms with Crippen LogP contribution in [0.5, 0.6) is 0 Å². The van der Waals surface area contributed by atoms with Gasteiger partial charge in [0.1, 0.15) is 0 Å². The molecule has 0 radical (unpaired) electrons. The van der Waals surface area contributed by atoms with Gasteiger partial charge in [0, 0.05) is 34.4 Å². The average Bonchev–Trinajstić information content (AvgIpc) is 3.00. The highest BCUT2D eigenvalue weighted by atomic mass is 35.5. The Bertz CT molecular complexity index is 813. The summed E-state index contributed by atoms with van der Waals surface area (Å²) in [6.45, 7) is 0.103. The minimum atomic E-state index is -0.841. The van der Waals surface area contributed by atoms with Crippen molar-refractivity contribution in [2.45, 2.75) is 6.10 Å². The van der Waals surface area contributed by atoms with Gasteiger partial charge < -0.3 is 15.4 Å². The van der Waals surface area contributed by atoms with E-state index in [1.807, 2.05) is 18.3 Å². The van der Waals surface area contributed by atoms with Crippen molar-refractivity contribution in [3.8, 4) is 0 Å². The van der Waals surface area contributed by atoms with E-state index in [0.717, 1.165) is 10.9 Å². The standard InChI is InChI=1S/C17H15ClN2O2/c18-14-4-2-1-3-13(14)16(21)10-20-17(22)12-6-5-11-7-8-19-15(11)9-12/h1-9,16,19,21H,10H2,(H,20,22). The number of rotatable bonds is 4. The van der Waals surface area contributed by atoms with E-state index in [1.165, 1.54) is 0 Å². The van der Waals surface area contributed by atoms with Crippen LogP contribution in [0.2, 0.25) is 5.02 Å². The lowest BCUT2D eigenvalue weighted by Crippen LogP contribution is -2.28. The number of aromatic nitrogens is 1. The molecule has 0 spiro atoms. The second-order valence-electron chi connectivity index (χ2n) is 5.03. The van der Waals surface area contributed by atoms with Crippen LogP contribution in [-0.2, 0) is 0 Å². The summed E-state index contributed by atoms with van der Waals surface area (Å²) in [5.41, 5.74) is 2.05. The number of fused-ring (bicyclic) bond motifs is 1. The highest BCUT2D eigenvalue weighted by Gasteiger charge is 2.13. The monoisotopic (exact) mass is 314 g/mol. The number of H-pyrrole nitrogens is 1. The van der Waals surface area contributed by atoms with Gasteiger partial charge in [-0.1, -0.05) is 35.9 Å². The van der Waals surface area contributed by atoms with Crippen molar-refractivity contribution in [2.75, 3.05) is 6.54 Å². The van der Waals surface area contributed by atoms with Gasteiger partial charge in [-0.25, -0.2) is 0 Å². The maximum atomic E-state index is 12.2. The predicted molar refractivity (Wildman–Crippen MR) is 87.0 cm³/mol. The topological polar surface area (TPSA) is 65.1 Å². The Labute approximate surface area is 132 Å². The van der Waals surface area contributed by atoms with E-state index in [-0.39, 0.29) is 12.5 Å². The Morgan fingerprint density at radius 1 is 1.23 bits per heavy atom. The number of hydrogen-bond donors (Lipinski definition) is 3. The van der Waals surface area contributed by atoms with Gasteiger partial charge in [-0.15, -0.1) is 0 Å². The zero-order chi connectivity index (χ0) is 15.5. The van der Waals surface area contributed by atoms with Crippen LogP contribution >= 0.6 is 11.6 Å². The maximum Gasteiger partial charge on any atom is 0.251 e. The van der Waals surface area contributed by atoms with E-state index in [9.17, 15) is 9.90 Å². The molecule has 1 atom stereocenters. The zero-order valence-electron chi connectivity index (χ0n) is 11.7. The summed E-state index contributed by atoms with van der Waals surface area (Å²) >= 11 is 6.03. The molecule has 1 aromatic heterocycles. The number of aliphatic hydroxyl groups excluding tert-OH is 1. The molecule has 3 N–H and O–H groups in total. The smallest absolute Gasteiger partial charge is 0.251 e. The van der Waals surface area contributed by atoms with Crippen molar-refractivity contribution in [1.82, 2.24) is 10.3 Å². The SMILES string of the molecule is O=C(NCC(O)c1ccccc1Cl)c1ccc2cc[nH]c2c1. The van der Waals surface area contributed by atoms with Crippen LogP contribution in [0.1, 0.15) is 22.0 Å². The molecule has 0 aliphatic rings. The number of carbonyl (C=O) groups excluding carboxylic acids is 1. The Hall–Kier alpha value is -2.30. The third kappa shape index (κ3) is 2.98. The number of aliphatic hydroxyl groups is 1. The van der Waals surface area contributed by atoms with E-state index in [2.05, 4.69) is 10.3 Å². The second kappa shape index (κ2) is 6.22. The van der Waals surface area contributed by atoms with E-state index in [1.54, 1.807) is 36.4 Å². The second-order valence-corrected chi connectivity index (χ2v) is 5.43. The Balaban J connectivity index is 1.68. The van der Waals surface area contributed by atoms with Crippen LogP contribution in [0.25, 0.3) is 10.9 Å².